The van der Waals surface area contributed by atoms with Crippen LogP contribution in [0.5, 0.6) is 5.75 Å². The van der Waals surface area contributed by atoms with E-state index in [9.17, 15) is 4.79 Å². The summed E-state index contributed by atoms with van der Waals surface area (Å²) in [6.07, 6.45) is 1.73. The molecule has 1 aliphatic rings. The summed E-state index contributed by atoms with van der Waals surface area (Å²) in [6.45, 7) is 4.10. The van der Waals surface area contributed by atoms with Crippen LogP contribution in [0.25, 0.3) is 0 Å². The van der Waals surface area contributed by atoms with Crippen molar-refractivity contribution in [2.24, 2.45) is 0 Å². The number of thioether (sulfide) groups is 1. The molecule has 0 spiro atoms. The zero-order valence-electron chi connectivity index (χ0n) is 17.6. The summed E-state index contributed by atoms with van der Waals surface area (Å²) in [5.74, 6) is 1.31. The molecule has 7 nitrogen and oxygen atoms in total. The fourth-order valence-electron chi connectivity index (χ4n) is 3.46. The van der Waals surface area contributed by atoms with Crippen molar-refractivity contribution in [2.45, 2.75) is 43.1 Å². The lowest BCUT2D eigenvalue weighted by Gasteiger charge is -2.33. The third-order valence-electron chi connectivity index (χ3n) is 5.09. The lowest BCUT2D eigenvalue weighted by atomic mass is 10.0. The van der Waals surface area contributed by atoms with E-state index in [1.54, 1.807) is 7.11 Å². The van der Waals surface area contributed by atoms with E-state index in [0.29, 0.717) is 15.9 Å². The van der Waals surface area contributed by atoms with Gasteiger partial charge in [-0.2, -0.15) is 0 Å². The third kappa shape index (κ3) is 4.50. The van der Waals surface area contributed by atoms with Crippen molar-refractivity contribution in [1.29, 1.82) is 0 Å². The maximum Gasteiger partial charge on any atom is 0.240 e. The van der Waals surface area contributed by atoms with Crippen molar-refractivity contribution in [3.8, 4) is 5.75 Å². The number of rotatable bonds is 6. The first-order valence-corrected chi connectivity index (χ1v) is 11.3. The van der Waals surface area contributed by atoms with Gasteiger partial charge in [-0.3, -0.25) is 4.79 Å². The van der Waals surface area contributed by atoms with E-state index < -0.39 is 5.25 Å². The van der Waals surface area contributed by atoms with Crippen molar-refractivity contribution in [2.75, 3.05) is 17.9 Å². The Hall–Kier alpha value is -2.71. The molecular weight excluding hydrogens is 434 g/mol. The van der Waals surface area contributed by atoms with Crippen molar-refractivity contribution in [3.05, 3.63) is 64.4 Å². The minimum Gasteiger partial charge on any atom is -0.495 e. The van der Waals surface area contributed by atoms with Gasteiger partial charge in [-0.1, -0.05) is 54.0 Å². The van der Waals surface area contributed by atoms with Crippen LogP contribution in [0.15, 0.2) is 47.6 Å². The maximum atomic E-state index is 13.3. The van der Waals surface area contributed by atoms with Crippen molar-refractivity contribution >= 4 is 35.0 Å². The average molecular weight is 458 g/mol. The molecule has 0 saturated heterocycles. The summed E-state index contributed by atoms with van der Waals surface area (Å²) in [5.41, 5.74) is 6.21. The molecule has 2 aromatic carbocycles. The van der Waals surface area contributed by atoms with Crippen LogP contribution >= 0.6 is 23.4 Å². The first-order chi connectivity index (χ1) is 15.0. The average Bonchev–Trinajstić information content (AvgIpc) is 3.16. The summed E-state index contributed by atoms with van der Waals surface area (Å²) in [4.78, 5) is 13.3. The number of hydrogen-bond acceptors (Lipinski definition) is 6. The van der Waals surface area contributed by atoms with E-state index in [1.807, 2.05) is 54.1 Å². The van der Waals surface area contributed by atoms with Gasteiger partial charge in [0, 0.05) is 12.1 Å². The zero-order chi connectivity index (χ0) is 22.0. The van der Waals surface area contributed by atoms with E-state index in [2.05, 4.69) is 27.9 Å². The summed E-state index contributed by atoms with van der Waals surface area (Å²) in [6, 6.07) is 13.0. The number of nitrogens with one attached hydrogen (secondary N) is 2. The molecule has 162 valence electrons. The minimum atomic E-state index is -0.475. The van der Waals surface area contributed by atoms with Crippen molar-refractivity contribution in [1.82, 2.24) is 14.9 Å². The number of aryl methyl sites for hydroxylation is 2. The number of hydrogen-bond donors (Lipinski definition) is 2. The predicted octanol–water partition coefficient (Wildman–Crippen LogP) is 4.60. The van der Waals surface area contributed by atoms with Gasteiger partial charge >= 0.3 is 0 Å². The first kappa shape index (κ1) is 21.5. The van der Waals surface area contributed by atoms with Gasteiger partial charge in [0.05, 0.1) is 18.2 Å². The molecule has 1 aromatic heterocycles. The van der Waals surface area contributed by atoms with Gasteiger partial charge in [0.2, 0.25) is 11.1 Å². The largest absolute Gasteiger partial charge is 0.495 e. The second-order valence-corrected chi connectivity index (χ2v) is 8.89. The Morgan fingerprint density at radius 2 is 2.03 bits per heavy atom. The highest BCUT2D eigenvalue weighted by atomic mass is 35.5. The van der Waals surface area contributed by atoms with Gasteiger partial charge in [-0.15, -0.1) is 10.2 Å². The smallest absolute Gasteiger partial charge is 0.240 e. The Morgan fingerprint density at radius 1 is 1.26 bits per heavy atom. The number of nitrogens with zero attached hydrogens (tertiary/aromatic N) is 3. The van der Waals surface area contributed by atoms with Crippen LogP contribution in [0.4, 0.5) is 5.69 Å². The summed E-state index contributed by atoms with van der Waals surface area (Å²) in [7, 11) is 1.58. The normalized spacial score (nSPS) is 17.5. The molecule has 0 saturated carbocycles. The molecule has 2 atom stereocenters. The summed E-state index contributed by atoms with van der Waals surface area (Å²) in [5, 5.41) is 12.3. The molecule has 0 aliphatic carbocycles. The van der Waals surface area contributed by atoms with Crippen LogP contribution in [0.2, 0.25) is 5.02 Å². The first-order valence-electron chi connectivity index (χ1n) is 10.1. The lowest BCUT2D eigenvalue weighted by molar-refractivity contribution is -0.116. The summed E-state index contributed by atoms with van der Waals surface area (Å²) < 4.78 is 7.16. The summed E-state index contributed by atoms with van der Waals surface area (Å²) >= 11 is 7.78. The number of anilines is 1. The van der Waals surface area contributed by atoms with Crippen LogP contribution in [0.3, 0.4) is 0 Å². The standard InChI is InChI=1S/C22H24ClN5O2S/c1-4-5-18-25-26-22-28(18)27-19(14-8-11-17(30-3)16(23)12-14)20(31-22)21(29)24-15-9-6-13(2)7-10-15/h6-12,19-20,27H,4-5H2,1-3H3,(H,24,29). The minimum absolute atomic E-state index is 0.121. The monoisotopic (exact) mass is 457 g/mol. The van der Waals surface area contributed by atoms with Crippen LogP contribution in [0, 0.1) is 6.92 Å². The molecule has 31 heavy (non-hydrogen) atoms. The van der Waals surface area contributed by atoms with E-state index in [-0.39, 0.29) is 11.9 Å². The molecule has 0 bridgehead atoms. The van der Waals surface area contributed by atoms with Gasteiger partial charge in [-0.25, -0.2) is 4.68 Å². The molecule has 3 aromatic rings. The molecule has 0 radical (unpaired) electrons. The number of ether oxygens (including phenoxy) is 1. The second kappa shape index (κ2) is 9.20. The number of aromatic nitrogens is 3. The highest BCUT2D eigenvalue weighted by Gasteiger charge is 2.38. The van der Waals surface area contributed by atoms with Gasteiger partial charge in [-0.05, 0) is 43.2 Å². The molecular formula is C22H24ClN5O2S. The molecule has 4 rings (SSSR count). The number of carbonyl (C=O) groups is 1. The SMILES string of the molecule is CCCc1nnc2n1NC(c1ccc(OC)c(Cl)c1)C(C(=O)Nc1ccc(C)cc1)S2. The van der Waals surface area contributed by atoms with Crippen LogP contribution in [0.1, 0.15) is 36.3 Å². The number of halogens is 1. The Morgan fingerprint density at radius 3 is 2.71 bits per heavy atom. The van der Waals surface area contributed by atoms with Crippen LogP contribution in [-0.2, 0) is 11.2 Å². The molecule has 2 unspecified atom stereocenters. The van der Waals surface area contributed by atoms with Crippen molar-refractivity contribution < 1.29 is 9.53 Å². The van der Waals surface area contributed by atoms with Crippen LogP contribution < -0.4 is 15.5 Å². The number of benzene rings is 2. The second-order valence-electron chi connectivity index (χ2n) is 7.38. The number of carbonyl (C=O) groups excluding carboxylic acids is 1. The molecule has 1 aliphatic heterocycles. The highest BCUT2D eigenvalue weighted by Crippen LogP contribution is 2.39. The van der Waals surface area contributed by atoms with Gasteiger partial charge < -0.3 is 15.5 Å². The van der Waals surface area contributed by atoms with E-state index in [4.69, 9.17) is 16.3 Å². The Bertz CT molecular complexity index is 1090. The Balaban J connectivity index is 1.68. The third-order valence-corrected chi connectivity index (χ3v) is 6.60. The van der Waals surface area contributed by atoms with Gasteiger partial charge in [0.25, 0.3) is 0 Å². The highest BCUT2D eigenvalue weighted by molar-refractivity contribution is 8.00. The maximum absolute atomic E-state index is 13.3. The van der Waals surface area contributed by atoms with E-state index in [0.717, 1.165) is 35.5 Å². The molecule has 2 N–H and O–H groups in total. The topological polar surface area (TPSA) is 81.1 Å². The fraction of sp³-hybridized carbons (Fsp3) is 0.318. The zero-order valence-corrected chi connectivity index (χ0v) is 19.1. The fourth-order valence-corrected chi connectivity index (χ4v) is 4.83. The molecule has 0 fully saturated rings. The Labute approximate surface area is 190 Å². The quantitative estimate of drug-likeness (QED) is 0.563. The predicted molar refractivity (Wildman–Crippen MR) is 124 cm³/mol. The molecule has 2 heterocycles. The number of amides is 1. The van der Waals surface area contributed by atoms with Crippen molar-refractivity contribution in [3.63, 3.8) is 0 Å². The van der Waals surface area contributed by atoms with Crippen LogP contribution in [-0.4, -0.2) is 33.1 Å². The van der Waals surface area contributed by atoms with E-state index in [1.165, 1.54) is 11.8 Å². The molecule has 9 heteroatoms. The van der Waals surface area contributed by atoms with Gasteiger partial charge in [0.15, 0.2) is 5.82 Å². The lowest BCUT2D eigenvalue weighted by Crippen LogP contribution is -2.41. The number of fused-ring (bicyclic) bond motifs is 1. The van der Waals surface area contributed by atoms with E-state index >= 15 is 0 Å². The Kier molecular flexibility index (Phi) is 6.38. The van der Waals surface area contributed by atoms with Gasteiger partial charge in [0.1, 0.15) is 11.0 Å². The number of methoxy groups -OCH3 is 1. The molecule has 1 amide bonds.